The lowest BCUT2D eigenvalue weighted by Gasteiger charge is -2.43. The first kappa shape index (κ1) is 45.3. The quantitative estimate of drug-likeness (QED) is 0.0233. The maximum absolute atomic E-state index is 13.1. The summed E-state index contributed by atoms with van der Waals surface area (Å²) in [7, 11) is 5.44. The van der Waals surface area contributed by atoms with Crippen LogP contribution in [0.3, 0.4) is 0 Å². The summed E-state index contributed by atoms with van der Waals surface area (Å²) < 4.78 is 41.7. The zero-order chi connectivity index (χ0) is 39.3. The van der Waals surface area contributed by atoms with Gasteiger partial charge in [0.1, 0.15) is 12.5 Å². The molecule has 0 aliphatic heterocycles. The van der Waals surface area contributed by atoms with Gasteiger partial charge >= 0.3 is 5.97 Å². The number of halogens is 1. The number of carbonyl (C=O) groups is 2. The molecule has 1 fully saturated rings. The zero-order valence-electron chi connectivity index (χ0n) is 33.7. The van der Waals surface area contributed by atoms with Crippen molar-refractivity contribution in [3.63, 3.8) is 0 Å². The van der Waals surface area contributed by atoms with Gasteiger partial charge in [0.15, 0.2) is 8.32 Å². The fraction of sp³-hybridized carbons (Fsp3) is 0.700. The fourth-order valence-electron chi connectivity index (χ4n) is 7.10. The van der Waals surface area contributed by atoms with E-state index < -0.39 is 20.4 Å². The number of methoxy groups -OCH3 is 3. The van der Waals surface area contributed by atoms with Gasteiger partial charge < -0.3 is 32.8 Å². The molecule has 0 bridgehead atoms. The first-order valence-corrected chi connectivity index (χ1v) is 22.3. The Kier molecular flexibility index (Phi) is 18.2. The van der Waals surface area contributed by atoms with Crippen molar-refractivity contribution in [3.8, 4) is 5.75 Å². The van der Waals surface area contributed by atoms with Crippen LogP contribution < -0.4 is 4.74 Å². The average Bonchev–Trinajstić information content (AvgIpc) is 3.44. The Balaban J connectivity index is 1.96. The standard InChI is InChI=1S/C40H64BrNO10Si/c1-27-20-35-33(38(27)50-25-28-12-15-30(46-7)16-13-28)17-14-29(34(35)24-36(41)39(44)47-8)21-32(52-53(10,11)40(2,3)4)22-31(23-37(43)42(5)48-9)51-26-49-19-18-45-6/h12-17,24,27,29,31-35,38H,18-23,25-26H2,1-11H3/b36-24+/t27-,29+,31+,32+,33-,34-,35-,38-/m1/s1. The third kappa shape index (κ3) is 13.3. The van der Waals surface area contributed by atoms with E-state index in [0.29, 0.717) is 43.1 Å². The third-order valence-electron chi connectivity index (χ3n) is 11.1. The molecule has 0 heterocycles. The van der Waals surface area contributed by atoms with Crippen molar-refractivity contribution in [2.45, 2.75) is 96.4 Å². The van der Waals surface area contributed by atoms with E-state index in [1.165, 1.54) is 19.3 Å². The van der Waals surface area contributed by atoms with Crippen LogP contribution >= 0.6 is 15.9 Å². The highest BCUT2D eigenvalue weighted by molar-refractivity contribution is 9.12. The van der Waals surface area contributed by atoms with E-state index in [9.17, 15) is 9.59 Å². The molecule has 0 N–H and O–H groups in total. The monoisotopic (exact) mass is 825 g/mol. The van der Waals surface area contributed by atoms with Gasteiger partial charge in [-0.2, -0.15) is 0 Å². The van der Waals surface area contributed by atoms with Gasteiger partial charge in [0.25, 0.3) is 0 Å². The SMILES string of the molecule is COCCOCO[C@H](CC(=O)N(C)OC)C[C@H](C[C@@H]1C=C[C@@H]2[C@@H](C[C@@H](C)[C@H]2OCc2ccc(OC)cc2)[C@@H]1/C=C(/Br)C(=O)OC)O[Si](C)(C)C(C)(C)C. The Morgan fingerprint density at radius 2 is 1.74 bits per heavy atom. The highest BCUT2D eigenvalue weighted by atomic mass is 79.9. The molecule has 0 radical (unpaired) electrons. The van der Waals surface area contributed by atoms with E-state index in [0.717, 1.165) is 17.7 Å². The molecule has 0 saturated heterocycles. The van der Waals surface area contributed by atoms with Crippen LogP contribution in [0.1, 0.15) is 58.9 Å². The van der Waals surface area contributed by atoms with Crippen molar-refractivity contribution in [1.29, 1.82) is 0 Å². The summed E-state index contributed by atoms with van der Waals surface area (Å²) in [5, 5.41) is 1.17. The highest BCUT2D eigenvalue weighted by Crippen LogP contribution is 2.51. The van der Waals surface area contributed by atoms with Crippen LogP contribution in [0.2, 0.25) is 18.1 Å². The van der Waals surface area contributed by atoms with Gasteiger partial charge in [-0.15, -0.1) is 0 Å². The average molecular weight is 827 g/mol. The molecule has 1 aromatic rings. The van der Waals surface area contributed by atoms with Crippen LogP contribution in [0.5, 0.6) is 5.75 Å². The predicted molar refractivity (Wildman–Crippen MR) is 211 cm³/mol. The smallest absolute Gasteiger partial charge is 0.344 e. The van der Waals surface area contributed by atoms with Gasteiger partial charge in [0, 0.05) is 26.2 Å². The number of hydrogen-bond acceptors (Lipinski definition) is 10. The molecular formula is C40H64BrNO10Si. The zero-order valence-corrected chi connectivity index (χ0v) is 36.3. The molecular weight excluding hydrogens is 762 g/mol. The minimum Gasteiger partial charge on any atom is -0.497 e. The van der Waals surface area contributed by atoms with Gasteiger partial charge in [0.2, 0.25) is 5.91 Å². The number of amides is 1. The van der Waals surface area contributed by atoms with Gasteiger partial charge in [-0.1, -0.05) is 58.1 Å². The maximum atomic E-state index is 13.1. The Hall–Kier alpha value is -2.10. The number of fused-ring (bicyclic) bond motifs is 1. The lowest BCUT2D eigenvalue weighted by atomic mass is 9.69. The summed E-state index contributed by atoms with van der Waals surface area (Å²) in [4.78, 5) is 31.0. The second-order valence-corrected chi connectivity index (χ2v) is 21.4. The van der Waals surface area contributed by atoms with Gasteiger partial charge in [-0.05, 0) is 94.7 Å². The molecule has 0 unspecified atom stereocenters. The minimum atomic E-state index is -2.29. The van der Waals surface area contributed by atoms with Gasteiger partial charge in [-0.25, -0.2) is 9.86 Å². The molecule has 1 saturated carbocycles. The van der Waals surface area contributed by atoms with E-state index in [4.69, 9.17) is 37.7 Å². The van der Waals surface area contributed by atoms with Crippen molar-refractivity contribution in [2.24, 2.45) is 29.6 Å². The minimum absolute atomic E-state index is 0.000899. The molecule has 8 atom stereocenters. The van der Waals surface area contributed by atoms with Crippen LogP contribution in [0.25, 0.3) is 0 Å². The third-order valence-corrected chi connectivity index (χ3v) is 16.3. The largest absolute Gasteiger partial charge is 0.497 e. The number of nitrogens with zero attached hydrogens (tertiary/aromatic N) is 1. The van der Waals surface area contributed by atoms with Crippen LogP contribution in [0.4, 0.5) is 0 Å². The second-order valence-electron chi connectivity index (χ2n) is 15.8. The van der Waals surface area contributed by atoms with Crippen molar-refractivity contribution in [1.82, 2.24) is 5.06 Å². The van der Waals surface area contributed by atoms with Crippen LogP contribution in [0.15, 0.2) is 47.0 Å². The fourth-order valence-corrected chi connectivity index (χ4v) is 8.94. The summed E-state index contributed by atoms with van der Waals surface area (Å²) >= 11 is 3.54. The van der Waals surface area contributed by atoms with Crippen LogP contribution in [-0.4, -0.2) is 99.1 Å². The summed E-state index contributed by atoms with van der Waals surface area (Å²) in [6.45, 7) is 14.7. The number of hydrogen-bond donors (Lipinski definition) is 0. The molecule has 13 heteroatoms. The Labute approximate surface area is 327 Å². The maximum Gasteiger partial charge on any atom is 0.344 e. The molecule has 2 aliphatic carbocycles. The molecule has 0 aromatic heterocycles. The van der Waals surface area contributed by atoms with Gasteiger partial charge in [0.05, 0.1) is 64.3 Å². The normalized spacial score (nSPS) is 24.4. The number of rotatable bonds is 21. The van der Waals surface area contributed by atoms with Gasteiger partial charge in [-0.3, -0.25) is 9.63 Å². The summed E-state index contributed by atoms with van der Waals surface area (Å²) in [6, 6.07) is 7.98. The number of carbonyl (C=O) groups excluding carboxylic acids is 2. The number of ether oxygens (including phenoxy) is 6. The van der Waals surface area contributed by atoms with Crippen molar-refractivity contribution < 1.29 is 47.3 Å². The highest BCUT2D eigenvalue weighted by Gasteiger charge is 2.48. The molecule has 0 spiro atoms. The first-order valence-electron chi connectivity index (χ1n) is 18.6. The molecule has 2 aliphatic rings. The first-order chi connectivity index (χ1) is 25.0. The summed E-state index contributed by atoms with van der Waals surface area (Å²) in [5.41, 5.74) is 1.09. The van der Waals surface area contributed by atoms with E-state index in [2.05, 4.69) is 68.9 Å². The van der Waals surface area contributed by atoms with Crippen molar-refractivity contribution in [3.05, 3.63) is 52.5 Å². The van der Waals surface area contributed by atoms with Crippen LogP contribution in [0, 0.1) is 29.6 Å². The summed E-state index contributed by atoms with van der Waals surface area (Å²) in [5.74, 6) is 0.928. The van der Waals surface area contributed by atoms with E-state index in [1.807, 2.05) is 30.3 Å². The molecule has 1 amide bonds. The molecule has 3 rings (SSSR count). The lowest BCUT2D eigenvalue weighted by molar-refractivity contribution is -0.175. The summed E-state index contributed by atoms with van der Waals surface area (Å²) in [6.07, 6.45) is 8.11. The molecule has 11 nitrogen and oxygen atoms in total. The number of benzene rings is 1. The molecule has 53 heavy (non-hydrogen) atoms. The lowest BCUT2D eigenvalue weighted by Crippen LogP contribution is -2.46. The molecule has 1 aromatic carbocycles. The van der Waals surface area contributed by atoms with E-state index in [-0.39, 0.29) is 60.0 Å². The van der Waals surface area contributed by atoms with E-state index >= 15 is 0 Å². The number of esters is 1. The number of allylic oxidation sites excluding steroid dienone is 2. The second kappa shape index (κ2) is 21.3. The predicted octanol–water partition coefficient (Wildman–Crippen LogP) is 7.69. The Bertz CT molecular complexity index is 1350. The molecule has 300 valence electrons. The topological polar surface area (TPSA) is 111 Å². The Morgan fingerprint density at radius 1 is 1.04 bits per heavy atom. The van der Waals surface area contributed by atoms with Crippen molar-refractivity contribution >= 4 is 36.1 Å². The van der Waals surface area contributed by atoms with Crippen molar-refractivity contribution in [2.75, 3.05) is 55.5 Å². The van der Waals surface area contributed by atoms with E-state index in [1.54, 1.807) is 21.3 Å². The Morgan fingerprint density at radius 3 is 2.34 bits per heavy atom. The van der Waals surface area contributed by atoms with Crippen LogP contribution in [-0.2, 0) is 49.1 Å². The number of hydroxylamine groups is 2.